The van der Waals surface area contributed by atoms with Gasteiger partial charge in [0.15, 0.2) is 0 Å². The predicted octanol–water partition coefficient (Wildman–Crippen LogP) is 3.68. The zero-order valence-electron chi connectivity index (χ0n) is 23.9. The maximum Gasteiger partial charge on any atom is 0.254 e. The highest BCUT2D eigenvalue weighted by molar-refractivity contribution is 5.94. The summed E-state index contributed by atoms with van der Waals surface area (Å²) < 4.78 is 25.8. The Morgan fingerprint density at radius 3 is 2.40 bits per heavy atom. The number of methoxy groups -OCH3 is 1. The summed E-state index contributed by atoms with van der Waals surface area (Å²) in [5, 5.41) is 21.3. The lowest BCUT2D eigenvalue weighted by atomic mass is 9.82. The summed E-state index contributed by atoms with van der Waals surface area (Å²) >= 11 is 0. The quantitative estimate of drug-likeness (QED) is 0.594. The first-order valence-electron chi connectivity index (χ1n) is 14.0. The van der Waals surface area contributed by atoms with Crippen LogP contribution in [0.3, 0.4) is 0 Å². The molecule has 0 radical (unpaired) electrons. The molecule has 2 aromatic carbocycles. The summed E-state index contributed by atoms with van der Waals surface area (Å²) in [5.74, 6) is -1.14. The molecule has 0 aliphatic carbocycles. The Kier molecular flexibility index (Phi) is 12.1. The summed E-state index contributed by atoms with van der Waals surface area (Å²) in [4.78, 5) is 30.3. The second-order valence-electron chi connectivity index (χ2n) is 10.8. The number of aliphatic hydroxyl groups excluding tert-OH is 2. The highest BCUT2D eigenvalue weighted by Crippen LogP contribution is 2.36. The lowest BCUT2D eigenvalue weighted by molar-refractivity contribution is -0.138. The summed E-state index contributed by atoms with van der Waals surface area (Å²) in [7, 11) is 1.42. The molecule has 0 spiro atoms. The number of halogens is 1. The van der Waals surface area contributed by atoms with Crippen molar-refractivity contribution in [1.82, 2.24) is 9.80 Å². The van der Waals surface area contributed by atoms with Gasteiger partial charge < -0.3 is 29.5 Å². The van der Waals surface area contributed by atoms with Gasteiger partial charge in [-0.3, -0.25) is 9.59 Å². The minimum atomic E-state index is -1.27. The van der Waals surface area contributed by atoms with Crippen molar-refractivity contribution in [2.75, 3.05) is 40.0 Å². The van der Waals surface area contributed by atoms with Crippen molar-refractivity contribution >= 4 is 11.8 Å². The fourth-order valence-electron chi connectivity index (χ4n) is 5.30. The summed E-state index contributed by atoms with van der Waals surface area (Å²) in [5.41, 5.74) is 1.17. The van der Waals surface area contributed by atoms with Crippen LogP contribution in [0.15, 0.2) is 54.6 Å². The number of aliphatic hydroxyl groups is 2. The highest BCUT2D eigenvalue weighted by Gasteiger charge is 2.37. The topological polar surface area (TPSA) is 99.5 Å². The van der Waals surface area contributed by atoms with Crippen LogP contribution in [0.2, 0.25) is 0 Å². The normalized spacial score (nSPS) is 25.8. The summed E-state index contributed by atoms with van der Waals surface area (Å²) in [6, 6.07) is 14.7. The zero-order valence-corrected chi connectivity index (χ0v) is 23.9. The molecule has 2 aromatic rings. The van der Waals surface area contributed by atoms with Crippen LogP contribution in [0.25, 0.3) is 0 Å². The number of hydrogen-bond donors (Lipinski definition) is 2. The maximum absolute atomic E-state index is 14.6. The summed E-state index contributed by atoms with van der Waals surface area (Å²) in [6.07, 6.45) is -2.12. The number of carbonyl (C=O) groups excluding carboxylic acids is 2. The van der Waals surface area contributed by atoms with Gasteiger partial charge in [0.2, 0.25) is 5.91 Å². The minimum absolute atomic E-state index is 0.0169. The van der Waals surface area contributed by atoms with E-state index in [9.17, 15) is 24.2 Å². The molecule has 1 fully saturated rings. The summed E-state index contributed by atoms with van der Waals surface area (Å²) in [6.45, 7) is 6.36. The number of benzene rings is 2. The van der Waals surface area contributed by atoms with Crippen molar-refractivity contribution in [3.05, 3.63) is 71.5 Å². The third-order valence-corrected chi connectivity index (χ3v) is 7.65. The van der Waals surface area contributed by atoms with Crippen molar-refractivity contribution in [1.29, 1.82) is 0 Å². The molecule has 5 atom stereocenters. The zero-order chi connectivity index (χ0) is 29.2. The van der Waals surface area contributed by atoms with Gasteiger partial charge in [-0.15, -0.1) is 0 Å². The Balaban J connectivity index is 2.14. The number of hydrogen-bond acceptors (Lipinski definition) is 6. The van der Waals surface area contributed by atoms with Crippen LogP contribution < -0.4 is 0 Å². The molecular formula is C31H43FN2O6. The molecule has 3 rings (SSSR count). The van der Waals surface area contributed by atoms with Gasteiger partial charge in [-0.1, -0.05) is 44.2 Å². The standard InChI is InChI=1S/C31H43FN2O6/c1-21(2)26-18-33(22(3)35)19-28(39-4)30(37)27(36)20-40-16-9-8-15-34(31(38)23-11-6-5-7-12-23)29(26)24-13-10-14-25(32)17-24/h5-7,10-14,17,21,26-30,36-37H,8-9,15-16,18-20H2,1-4H3/t26-,27-,28-,29-,30-/m1/s1. The van der Waals surface area contributed by atoms with Crippen LogP contribution in [-0.2, 0) is 14.3 Å². The number of nitrogens with zero attached hydrogens (tertiary/aromatic N) is 2. The average Bonchev–Trinajstić information content (AvgIpc) is 2.94. The SMILES string of the molecule is CO[C@@H]1CN(C(C)=O)C[C@H](C(C)C)[C@@H](c2cccc(F)c2)N(C(=O)c2ccccc2)CCCCOC[C@@H](O)[C@H]1O. The van der Waals surface area contributed by atoms with Gasteiger partial charge in [0, 0.05) is 51.8 Å². The smallest absolute Gasteiger partial charge is 0.254 e. The van der Waals surface area contributed by atoms with Crippen molar-refractivity contribution in [3.63, 3.8) is 0 Å². The van der Waals surface area contributed by atoms with E-state index in [1.54, 1.807) is 28.0 Å². The molecular weight excluding hydrogens is 515 g/mol. The number of ether oxygens (including phenoxy) is 2. The Morgan fingerprint density at radius 1 is 1.05 bits per heavy atom. The van der Waals surface area contributed by atoms with Crippen LogP contribution in [0, 0.1) is 17.7 Å². The Hall–Kier alpha value is -2.85. The first-order chi connectivity index (χ1) is 19.1. The molecule has 9 heteroatoms. The molecule has 1 saturated heterocycles. The van der Waals surface area contributed by atoms with Crippen molar-refractivity contribution in [2.45, 2.75) is 58.0 Å². The Labute approximate surface area is 236 Å². The number of rotatable bonds is 4. The molecule has 220 valence electrons. The third-order valence-electron chi connectivity index (χ3n) is 7.65. The van der Waals surface area contributed by atoms with Gasteiger partial charge in [0.25, 0.3) is 5.91 Å². The fraction of sp³-hybridized carbons (Fsp3) is 0.548. The number of carbonyl (C=O) groups is 2. The van der Waals surface area contributed by atoms with Crippen LogP contribution in [0.1, 0.15) is 55.6 Å². The molecule has 2 N–H and O–H groups in total. The van der Waals surface area contributed by atoms with E-state index in [1.165, 1.54) is 26.2 Å². The molecule has 2 amide bonds. The molecule has 1 aliphatic rings. The monoisotopic (exact) mass is 558 g/mol. The molecule has 8 nitrogen and oxygen atoms in total. The largest absolute Gasteiger partial charge is 0.388 e. The first kappa shape index (κ1) is 31.7. The van der Waals surface area contributed by atoms with E-state index in [4.69, 9.17) is 9.47 Å². The third kappa shape index (κ3) is 8.33. The highest BCUT2D eigenvalue weighted by atomic mass is 19.1. The average molecular weight is 559 g/mol. The van der Waals surface area contributed by atoms with Gasteiger partial charge in [-0.25, -0.2) is 4.39 Å². The molecule has 0 bridgehead atoms. The van der Waals surface area contributed by atoms with Crippen LogP contribution in [-0.4, -0.2) is 90.1 Å². The molecule has 0 aromatic heterocycles. The van der Waals surface area contributed by atoms with Gasteiger partial charge in [-0.05, 0) is 48.6 Å². The van der Waals surface area contributed by atoms with E-state index in [-0.39, 0.29) is 43.3 Å². The van der Waals surface area contributed by atoms with E-state index in [2.05, 4.69) is 0 Å². The van der Waals surface area contributed by atoms with Crippen molar-refractivity contribution in [3.8, 4) is 0 Å². The lowest BCUT2D eigenvalue weighted by Gasteiger charge is -2.42. The van der Waals surface area contributed by atoms with E-state index in [1.807, 2.05) is 38.1 Å². The molecule has 0 saturated carbocycles. The van der Waals surface area contributed by atoms with Gasteiger partial charge in [0.05, 0.1) is 12.6 Å². The van der Waals surface area contributed by atoms with Crippen LogP contribution in [0.4, 0.5) is 4.39 Å². The second-order valence-corrected chi connectivity index (χ2v) is 10.8. The predicted molar refractivity (Wildman–Crippen MR) is 150 cm³/mol. The minimum Gasteiger partial charge on any atom is -0.388 e. The fourth-order valence-corrected chi connectivity index (χ4v) is 5.30. The maximum atomic E-state index is 14.6. The molecule has 1 heterocycles. The van der Waals surface area contributed by atoms with Crippen molar-refractivity contribution < 1.29 is 33.7 Å². The van der Waals surface area contributed by atoms with Gasteiger partial charge in [-0.2, -0.15) is 0 Å². The number of amides is 2. The van der Waals surface area contributed by atoms with Crippen LogP contribution >= 0.6 is 0 Å². The van der Waals surface area contributed by atoms with Crippen molar-refractivity contribution in [2.24, 2.45) is 11.8 Å². The van der Waals surface area contributed by atoms with Crippen LogP contribution in [0.5, 0.6) is 0 Å². The van der Waals surface area contributed by atoms with E-state index >= 15 is 0 Å². The Bertz CT molecular complexity index is 1080. The van der Waals surface area contributed by atoms with Gasteiger partial charge >= 0.3 is 0 Å². The molecule has 1 aliphatic heterocycles. The first-order valence-corrected chi connectivity index (χ1v) is 14.0. The second kappa shape index (κ2) is 15.2. The van der Waals surface area contributed by atoms with E-state index in [0.717, 1.165) is 0 Å². The molecule has 40 heavy (non-hydrogen) atoms. The van der Waals surface area contributed by atoms with E-state index < -0.39 is 30.2 Å². The van der Waals surface area contributed by atoms with Gasteiger partial charge in [0.1, 0.15) is 24.1 Å². The van der Waals surface area contributed by atoms with E-state index in [0.29, 0.717) is 37.1 Å². The Morgan fingerprint density at radius 2 is 1.77 bits per heavy atom. The molecule has 0 unspecified atom stereocenters. The lowest BCUT2D eigenvalue weighted by Crippen LogP contribution is -2.51.